The van der Waals surface area contributed by atoms with E-state index in [1.807, 2.05) is 12.2 Å². The molecule has 0 unspecified atom stereocenters. The van der Waals surface area contributed by atoms with Crippen LogP contribution in [-0.2, 0) is 9.53 Å². The predicted octanol–water partition coefficient (Wildman–Crippen LogP) is 1.68. The van der Waals surface area contributed by atoms with Gasteiger partial charge in [0, 0.05) is 6.42 Å². The first-order valence-corrected chi connectivity index (χ1v) is 3.15. The molecule has 0 atom stereocenters. The molecule has 0 heterocycles. The van der Waals surface area contributed by atoms with E-state index in [0.29, 0.717) is 6.42 Å². The van der Waals surface area contributed by atoms with Crippen molar-refractivity contribution in [1.82, 2.24) is 0 Å². The van der Waals surface area contributed by atoms with Gasteiger partial charge in [0.25, 0.3) is 0 Å². The molecule has 2 heteroatoms. The number of ether oxygens (including phenoxy) is 1. The molecule has 0 bridgehead atoms. The van der Waals surface area contributed by atoms with Crippen LogP contribution in [0.25, 0.3) is 0 Å². The second kappa shape index (κ2) is 6.08. The standard InChI is InChI=1S/C8H12O2/c1-3-4-5-6-7-8(9)10-2/h3-5H,1,6-7H2,2H3. The Balaban J connectivity index is 3.27. The van der Waals surface area contributed by atoms with Gasteiger partial charge in [0.2, 0.25) is 0 Å². The zero-order valence-corrected chi connectivity index (χ0v) is 6.17. The minimum atomic E-state index is -0.172. The number of rotatable bonds is 4. The van der Waals surface area contributed by atoms with Crippen molar-refractivity contribution in [3.63, 3.8) is 0 Å². The highest BCUT2D eigenvalue weighted by atomic mass is 16.5. The lowest BCUT2D eigenvalue weighted by molar-refractivity contribution is -0.140. The van der Waals surface area contributed by atoms with Crippen LogP contribution in [0.1, 0.15) is 12.8 Å². The van der Waals surface area contributed by atoms with Crippen molar-refractivity contribution in [2.45, 2.75) is 12.8 Å². The maximum Gasteiger partial charge on any atom is 0.305 e. The van der Waals surface area contributed by atoms with Gasteiger partial charge >= 0.3 is 5.97 Å². The van der Waals surface area contributed by atoms with E-state index in [0.717, 1.165) is 6.42 Å². The lowest BCUT2D eigenvalue weighted by atomic mass is 10.3. The second-order valence-corrected chi connectivity index (χ2v) is 1.78. The number of esters is 1. The number of carbonyl (C=O) groups excluding carboxylic acids is 1. The molecule has 56 valence electrons. The third kappa shape index (κ3) is 5.09. The Hall–Kier alpha value is -1.05. The number of hydrogen-bond donors (Lipinski definition) is 0. The van der Waals surface area contributed by atoms with E-state index in [1.165, 1.54) is 7.11 Å². The van der Waals surface area contributed by atoms with E-state index in [9.17, 15) is 4.79 Å². The van der Waals surface area contributed by atoms with Crippen LogP contribution in [0.3, 0.4) is 0 Å². The summed E-state index contributed by atoms with van der Waals surface area (Å²) in [5.74, 6) is -0.172. The molecule has 0 aliphatic rings. The molecular weight excluding hydrogens is 128 g/mol. The Morgan fingerprint density at radius 1 is 1.70 bits per heavy atom. The van der Waals surface area contributed by atoms with E-state index < -0.39 is 0 Å². The summed E-state index contributed by atoms with van der Waals surface area (Å²) in [5.41, 5.74) is 0. The first-order chi connectivity index (χ1) is 4.81. The number of hydrogen-bond acceptors (Lipinski definition) is 2. The van der Waals surface area contributed by atoms with Gasteiger partial charge in [-0.05, 0) is 6.42 Å². The maximum absolute atomic E-state index is 10.5. The topological polar surface area (TPSA) is 26.3 Å². The van der Waals surface area contributed by atoms with Gasteiger partial charge < -0.3 is 4.74 Å². The van der Waals surface area contributed by atoms with Gasteiger partial charge in [-0.25, -0.2) is 0 Å². The SMILES string of the molecule is C=CC=CCCC(=O)OC. The zero-order valence-electron chi connectivity index (χ0n) is 6.17. The smallest absolute Gasteiger partial charge is 0.305 e. The van der Waals surface area contributed by atoms with E-state index in [4.69, 9.17) is 0 Å². The van der Waals surface area contributed by atoms with Gasteiger partial charge in [0.05, 0.1) is 7.11 Å². The summed E-state index contributed by atoms with van der Waals surface area (Å²) < 4.78 is 4.43. The molecule has 0 radical (unpaired) electrons. The summed E-state index contributed by atoms with van der Waals surface area (Å²) in [6, 6.07) is 0. The van der Waals surface area contributed by atoms with Gasteiger partial charge in [-0.1, -0.05) is 24.8 Å². The van der Waals surface area contributed by atoms with Crippen LogP contribution in [-0.4, -0.2) is 13.1 Å². The minimum Gasteiger partial charge on any atom is -0.469 e. The Morgan fingerprint density at radius 3 is 2.90 bits per heavy atom. The van der Waals surface area contributed by atoms with Crippen molar-refractivity contribution in [3.8, 4) is 0 Å². The summed E-state index contributed by atoms with van der Waals surface area (Å²) in [6.07, 6.45) is 6.53. The molecular formula is C8H12O2. The van der Waals surface area contributed by atoms with Crippen molar-refractivity contribution in [1.29, 1.82) is 0 Å². The first-order valence-electron chi connectivity index (χ1n) is 3.15. The van der Waals surface area contributed by atoms with Crippen LogP contribution in [0.15, 0.2) is 24.8 Å². The van der Waals surface area contributed by atoms with Crippen molar-refractivity contribution < 1.29 is 9.53 Å². The molecule has 0 fully saturated rings. The summed E-state index contributed by atoms with van der Waals surface area (Å²) in [7, 11) is 1.39. The highest BCUT2D eigenvalue weighted by Gasteiger charge is 1.94. The molecule has 0 aromatic carbocycles. The molecule has 0 saturated carbocycles. The molecule has 0 N–H and O–H groups in total. The van der Waals surface area contributed by atoms with E-state index in [1.54, 1.807) is 6.08 Å². The fourth-order valence-electron chi connectivity index (χ4n) is 0.496. The van der Waals surface area contributed by atoms with Crippen LogP contribution in [0.2, 0.25) is 0 Å². The number of allylic oxidation sites excluding steroid dienone is 3. The lowest BCUT2D eigenvalue weighted by Crippen LogP contribution is -1.97. The Kier molecular flexibility index (Phi) is 5.44. The molecule has 10 heavy (non-hydrogen) atoms. The molecule has 0 saturated heterocycles. The Morgan fingerprint density at radius 2 is 2.40 bits per heavy atom. The van der Waals surface area contributed by atoms with Crippen LogP contribution in [0.4, 0.5) is 0 Å². The second-order valence-electron chi connectivity index (χ2n) is 1.78. The van der Waals surface area contributed by atoms with Gasteiger partial charge in [-0.3, -0.25) is 4.79 Å². The largest absolute Gasteiger partial charge is 0.469 e. The van der Waals surface area contributed by atoms with Gasteiger partial charge in [0.1, 0.15) is 0 Å². The van der Waals surface area contributed by atoms with E-state index in [-0.39, 0.29) is 5.97 Å². The monoisotopic (exact) mass is 140 g/mol. The maximum atomic E-state index is 10.5. The minimum absolute atomic E-state index is 0.172. The number of carbonyl (C=O) groups is 1. The zero-order chi connectivity index (χ0) is 7.82. The molecule has 0 spiro atoms. The van der Waals surface area contributed by atoms with Crippen LogP contribution in [0.5, 0.6) is 0 Å². The molecule has 2 nitrogen and oxygen atoms in total. The highest BCUT2D eigenvalue weighted by molar-refractivity contribution is 5.69. The third-order valence-electron chi connectivity index (χ3n) is 1.01. The van der Waals surface area contributed by atoms with Gasteiger partial charge in [-0.2, -0.15) is 0 Å². The van der Waals surface area contributed by atoms with Crippen LogP contribution >= 0.6 is 0 Å². The van der Waals surface area contributed by atoms with Crippen molar-refractivity contribution in [3.05, 3.63) is 24.8 Å². The normalized spacial score (nSPS) is 9.70. The van der Waals surface area contributed by atoms with Crippen molar-refractivity contribution in [2.75, 3.05) is 7.11 Å². The predicted molar refractivity (Wildman–Crippen MR) is 40.6 cm³/mol. The molecule has 0 aromatic heterocycles. The Bertz CT molecular complexity index is 136. The van der Waals surface area contributed by atoms with Crippen molar-refractivity contribution >= 4 is 5.97 Å². The molecule has 0 aliphatic carbocycles. The summed E-state index contributed by atoms with van der Waals surface area (Å²) in [4.78, 5) is 10.5. The molecule has 0 aliphatic heterocycles. The Labute approximate surface area is 61.2 Å². The van der Waals surface area contributed by atoms with Crippen molar-refractivity contribution in [2.24, 2.45) is 0 Å². The van der Waals surface area contributed by atoms with Gasteiger partial charge in [0.15, 0.2) is 0 Å². The van der Waals surface area contributed by atoms with Crippen LogP contribution in [0, 0.1) is 0 Å². The average molecular weight is 140 g/mol. The number of methoxy groups -OCH3 is 1. The summed E-state index contributed by atoms with van der Waals surface area (Å²) >= 11 is 0. The fourth-order valence-corrected chi connectivity index (χ4v) is 0.496. The lowest BCUT2D eigenvalue weighted by Gasteiger charge is -1.92. The van der Waals surface area contributed by atoms with E-state index >= 15 is 0 Å². The highest BCUT2D eigenvalue weighted by Crippen LogP contribution is 1.92. The summed E-state index contributed by atoms with van der Waals surface area (Å²) in [6.45, 7) is 3.49. The summed E-state index contributed by atoms with van der Waals surface area (Å²) in [5, 5.41) is 0. The molecule has 0 rings (SSSR count). The molecule has 0 aromatic rings. The van der Waals surface area contributed by atoms with Gasteiger partial charge in [-0.15, -0.1) is 0 Å². The fraction of sp³-hybridized carbons (Fsp3) is 0.375. The first kappa shape index (κ1) is 8.95. The van der Waals surface area contributed by atoms with E-state index in [2.05, 4.69) is 11.3 Å². The third-order valence-corrected chi connectivity index (χ3v) is 1.01. The van der Waals surface area contributed by atoms with Crippen LogP contribution < -0.4 is 0 Å². The molecule has 0 amide bonds. The quantitative estimate of drug-likeness (QED) is 0.438. The average Bonchev–Trinajstić information content (AvgIpc) is 1.98.